The smallest absolute Gasteiger partial charge is 0.416 e. The zero-order valence-corrected chi connectivity index (χ0v) is 22.4. The Labute approximate surface area is 238 Å². The van der Waals surface area contributed by atoms with Crippen molar-refractivity contribution in [3.05, 3.63) is 77.2 Å². The first kappa shape index (κ1) is 29.2. The van der Waals surface area contributed by atoms with E-state index in [1.54, 1.807) is 0 Å². The summed E-state index contributed by atoms with van der Waals surface area (Å²) in [5.74, 6) is -1.37. The Bertz CT molecular complexity index is 1500. The van der Waals surface area contributed by atoms with Gasteiger partial charge in [0.15, 0.2) is 11.6 Å². The molecule has 2 aliphatic rings. The SMILES string of the molecule is O=C(Cc1cc(NC(=O)[C@@H]2CCCN2)cc(C(F)(F)F)c1)Cc1ccc(Oc2ccnc(NC(=O)C3CC3)c2)c(F)c1. The number of halogens is 4. The lowest BCUT2D eigenvalue weighted by Crippen LogP contribution is -2.35. The standard InChI is InChI=1S/C30H28F4N4O4/c31-24-14-17(3-6-26(24)42-23-7-9-36-27(16-23)38-28(40)19-4-5-19)12-22(39)13-18-10-20(30(32,33)34)15-21(11-18)37-29(41)25-2-1-8-35-25/h3,6-7,9-11,14-16,19,25,35H,1-2,4-5,8,12-13H2,(H,37,41)(H,36,38,40)/t25-/m0/s1. The number of carbonyl (C=O) groups is 3. The molecule has 1 aliphatic carbocycles. The van der Waals surface area contributed by atoms with Gasteiger partial charge in [-0.25, -0.2) is 9.37 Å². The number of ether oxygens (including phenoxy) is 1. The van der Waals surface area contributed by atoms with E-state index < -0.39 is 35.3 Å². The van der Waals surface area contributed by atoms with Gasteiger partial charge < -0.3 is 20.7 Å². The first-order chi connectivity index (χ1) is 20.0. The molecule has 1 saturated heterocycles. The second-order valence-electron chi connectivity index (χ2n) is 10.5. The zero-order valence-electron chi connectivity index (χ0n) is 22.4. The molecule has 42 heavy (non-hydrogen) atoms. The molecule has 3 N–H and O–H groups in total. The van der Waals surface area contributed by atoms with Gasteiger partial charge in [0.25, 0.3) is 0 Å². The summed E-state index contributed by atoms with van der Waals surface area (Å²) in [7, 11) is 0. The van der Waals surface area contributed by atoms with Crippen LogP contribution in [-0.2, 0) is 33.4 Å². The number of ketones is 1. The third-order valence-corrected chi connectivity index (χ3v) is 6.92. The zero-order chi connectivity index (χ0) is 29.9. The lowest BCUT2D eigenvalue weighted by atomic mass is 10.00. The number of alkyl halides is 3. The Kier molecular flexibility index (Phi) is 8.53. The van der Waals surface area contributed by atoms with Crippen LogP contribution in [0.5, 0.6) is 11.5 Å². The summed E-state index contributed by atoms with van der Waals surface area (Å²) >= 11 is 0. The number of benzene rings is 2. The molecule has 0 unspecified atom stereocenters. The lowest BCUT2D eigenvalue weighted by Gasteiger charge is -2.15. The Balaban J connectivity index is 1.23. The van der Waals surface area contributed by atoms with Gasteiger partial charge in [0, 0.05) is 36.7 Å². The van der Waals surface area contributed by atoms with Crippen LogP contribution in [0.4, 0.5) is 29.1 Å². The van der Waals surface area contributed by atoms with Gasteiger partial charge in [0.1, 0.15) is 17.4 Å². The van der Waals surface area contributed by atoms with Crippen LogP contribution >= 0.6 is 0 Å². The highest BCUT2D eigenvalue weighted by molar-refractivity contribution is 5.95. The maximum Gasteiger partial charge on any atom is 0.416 e. The number of carbonyl (C=O) groups excluding carboxylic acids is 3. The van der Waals surface area contributed by atoms with Gasteiger partial charge in [-0.05, 0) is 79.8 Å². The molecule has 0 spiro atoms. The molecular weight excluding hydrogens is 556 g/mol. The van der Waals surface area contributed by atoms with Crippen LogP contribution in [0, 0.1) is 11.7 Å². The average Bonchev–Trinajstić information content (AvgIpc) is 3.63. The number of nitrogens with zero attached hydrogens (tertiary/aromatic N) is 1. The van der Waals surface area contributed by atoms with Crippen LogP contribution < -0.4 is 20.7 Å². The van der Waals surface area contributed by atoms with Crippen molar-refractivity contribution in [1.82, 2.24) is 10.3 Å². The molecule has 2 aromatic carbocycles. The van der Waals surface area contributed by atoms with E-state index in [9.17, 15) is 31.9 Å². The molecule has 2 fully saturated rings. The molecule has 0 radical (unpaired) electrons. The van der Waals surface area contributed by atoms with E-state index >= 15 is 0 Å². The highest BCUT2D eigenvalue weighted by Crippen LogP contribution is 2.33. The van der Waals surface area contributed by atoms with E-state index in [0.717, 1.165) is 37.5 Å². The Morgan fingerprint density at radius 3 is 2.40 bits per heavy atom. The molecule has 1 aromatic heterocycles. The van der Waals surface area contributed by atoms with Crippen molar-refractivity contribution in [2.45, 2.75) is 50.7 Å². The Morgan fingerprint density at radius 1 is 0.929 bits per heavy atom. The van der Waals surface area contributed by atoms with Crippen molar-refractivity contribution in [2.24, 2.45) is 5.92 Å². The molecule has 1 atom stereocenters. The number of rotatable bonds is 10. The third-order valence-electron chi connectivity index (χ3n) is 6.92. The van der Waals surface area contributed by atoms with Gasteiger partial charge in [-0.3, -0.25) is 14.4 Å². The summed E-state index contributed by atoms with van der Waals surface area (Å²) in [6, 6.07) is 9.48. The van der Waals surface area contributed by atoms with Crippen LogP contribution in [0.2, 0.25) is 0 Å². The monoisotopic (exact) mass is 584 g/mol. The minimum atomic E-state index is -4.68. The van der Waals surface area contributed by atoms with Crippen LogP contribution in [0.3, 0.4) is 0 Å². The number of anilines is 2. The van der Waals surface area contributed by atoms with Crippen LogP contribution in [0.25, 0.3) is 0 Å². The number of nitrogens with one attached hydrogen (secondary N) is 3. The molecule has 1 saturated carbocycles. The summed E-state index contributed by atoms with van der Waals surface area (Å²) < 4.78 is 61.0. The highest BCUT2D eigenvalue weighted by atomic mass is 19.4. The predicted octanol–water partition coefficient (Wildman–Crippen LogP) is 5.43. The van der Waals surface area contributed by atoms with Crippen molar-refractivity contribution in [1.29, 1.82) is 0 Å². The van der Waals surface area contributed by atoms with Gasteiger partial charge in [0.2, 0.25) is 11.8 Å². The van der Waals surface area contributed by atoms with E-state index in [1.165, 1.54) is 36.5 Å². The van der Waals surface area contributed by atoms with Crippen molar-refractivity contribution >= 4 is 29.1 Å². The molecule has 5 rings (SSSR count). The number of Topliss-reactive ketones (excluding diaryl/α,β-unsaturated/α-hetero) is 1. The van der Waals surface area contributed by atoms with Crippen LogP contribution in [-0.4, -0.2) is 35.2 Å². The molecular formula is C30H28F4N4O4. The van der Waals surface area contributed by atoms with Gasteiger partial charge in [-0.15, -0.1) is 0 Å². The first-order valence-corrected chi connectivity index (χ1v) is 13.5. The second kappa shape index (κ2) is 12.3. The number of amides is 2. The molecule has 0 bridgehead atoms. The van der Waals surface area contributed by atoms with Gasteiger partial charge in [0.05, 0.1) is 11.6 Å². The summed E-state index contributed by atoms with van der Waals surface area (Å²) in [5.41, 5.74) is -0.649. The number of hydrogen-bond donors (Lipinski definition) is 3. The summed E-state index contributed by atoms with van der Waals surface area (Å²) in [6.45, 7) is 0.652. The number of aromatic nitrogens is 1. The molecule has 1 aliphatic heterocycles. The average molecular weight is 585 g/mol. The lowest BCUT2D eigenvalue weighted by molar-refractivity contribution is -0.137. The number of hydrogen-bond acceptors (Lipinski definition) is 6. The van der Waals surface area contributed by atoms with E-state index in [4.69, 9.17) is 4.74 Å². The maximum absolute atomic E-state index is 14.8. The molecule has 3 aromatic rings. The topological polar surface area (TPSA) is 109 Å². The molecule has 12 heteroatoms. The van der Waals surface area contributed by atoms with Crippen molar-refractivity contribution in [3.8, 4) is 11.5 Å². The van der Waals surface area contributed by atoms with Gasteiger partial charge >= 0.3 is 6.18 Å². The fraction of sp³-hybridized carbons (Fsp3) is 0.333. The van der Waals surface area contributed by atoms with Crippen molar-refractivity contribution in [3.63, 3.8) is 0 Å². The molecule has 220 valence electrons. The fourth-order valence-electron chi connectivity index (χ4n) is 4.67. The number of pyridine rings is 1. The van der Waals surface area contributed by atoms with E-state index in [2.05, 4.69) is 20.9 Å². The fourth-order valence-corrected chi connectivity index (χ4v) is 4.67. The second-order valence-corrected chi connectivity index (χ2v) is 10.5. The van der Waals surface area contributed by atoms with Gasteiger partial charge in [-0.1, -0.05) is 6.07 Å². The molecule has 8 nitrogen and oxygen atoms in total. The van der Waals surface area contributed by atoms with E-state index in [0.29, 0.717) is 18.5 Å². The van der Waals surface area contributed by atoms with Crippen LogP contribution in [0.15, 0.2) is 54.7 Å². The highest BCUT2D eigenvalue weighted by Gasteiger charge is 2.32. The summed E-state index contributed by atoms with van der Waals surface area (Å²) in [5, 5.41) is 8.18. The predicted molar refractivity (Wildman–Crippen MR) is 146 cm³/mol. The normalized spacial score (nSPS) is 16.6. The first-order valence-electron chi connectivity index (χ1n) is 13.5. The Morgan fingerprint density at radius 2 is 1.71 bits per heavy atom. The van der Waals surface area contributed by atoms with Gasteiger partial charge in [-0.2, -0.15) is 13.2 Å². The van der Waals surface area contributed by atoms with Crippen molar-refractivity contribution in [2.75, 3.05) is 17.2 Å². The quantitative estimate of drug-likeness (QED) is 0.275. The Hall–Kier alpha value is -4.32. The largest absolute Gasteiger partial charge is 0.454 e. The summed E-state index contributed by atoms with van der Waals surface area (Å²) in [6.07, 6.45) is -0.800. The van der Waals surface area contributed by atoms with Crippen LogP contribution in [0.1, 0.15) is 42.4 Å². The third kappa shape index (κ3) is 7.69. The maximum atomic E-state index is 14.8. The molecule has 2 heterocycles. The minimum absolute atomic E-state index is 0.0142. The van der Waals surface area contributed by atoms with Crippen molar-refractivity contribution < 1.29 is 36.7 Å². The van der Waals surface area contributed by atoms with E-state index in [1.807, 2.05) is 0 Å². The summed E-state index contributed by atoms with van der Waals surface area (Å²) in [4.78, 5) is 41.2. The minimum Gasteiger partial charge on any atom is -0.454 e. The molecule has 2 amide bonds. The van der Waals surface area contributed by atoms with E-state index in [-0.39, 0.29) is 53.2 Å².